The Labute approximate surface area is 171 Å². The van der Waals surface area contributed by atoms with Crippen LogP contribution >= 0.6 is 0 Å². The average molecular weight is 403 g/mol. The lowest BCUT2D eigenvalue weighted by atomic mass is 10.1. The third-order valence-electron chi connectivity index (χ3n) is 4.70. The molecule has 0 saturated heterocycles. The van der Waals surface area contributed by atoms with Crippen LogP contribution in [0.5, 0.6) is 0 Å². The summed E-state index contributed by atoms with van der Waals surface area (Å²) in [6.07, 6.45) is 11.1. The van der Waals surface area contributed by atoms with Gasteiger partial charge in [-0.05, 0) is 41.5 Å². The third kappa shape index (κ3) is 3.78. The molecule has 4 heterocycles. The fourth-order valence-corrected chi connectivity index (χ4v) is 3.14. The number of anilines is 2. The van der Waals surface area contributed by atoms with Gasteiger partial charge in [-0.1, -0.05) is 12.1 Å². The van der Waals surface area contributed by atoms with Crippen LogP contribution in [0.25, 0.3) is 10.9 Å². The average Bonchev–Trinajstić information content (AvgIpc) is 3.25. The van der Waals surface area contributed by atoms with Crippen molar-refractivity contribution >= 4 is 22.7 Å². The molecule has 9 heteroatoms. The zero-order valence-electron chi connectivity index (χ0n) is 15.8. The summed E-state index contributed by atoms with van der Waals surface area (Å²) in [5.41, 5.74) is 6.45. The van der Waals surface area contributed by atoms with Crippen molar-refractivity contribution in [1.82, 2.24) is 25.5 Å². The molecule has 3 N–H and O–H groups in total. The van der Waals surface area contributed by atoms with E-state index in [4.69, 9.17) is 4.94 Å². The topological polar surface area (TPSA) is 87.2 Å². The molecular weight excluding hydrogens is 385 g/mol. The highest BCUT2D eigenvalue weighted by Gasteiger charge is 2.16. The van der Waals surface area contributed by atoms with E-state index in [1.807, 2.05) is 24.4 Å². The van der Waals surface area contributed by atoms with E-state index in [0.717, 1.165) is 27.7 Å². The number of aromatic nitrogens is 3. The van der Waals surface area contributed by atoms with Crippen LogP contribution in [-0.4, -0.2) is 26.6 Å². The van der Waals surface area contributed by atoms with Crippen molar-refractivity contribution in [3.05, 3.63) is 89.9 Å². The van der Waals surface area contributed by atoms with E-state index in [1.165, 1.54) is 12.1 Å². The normalized spacial score (nSPS) is 14.8. The minimum Gasteiger partial charge on any atom is -0.365 e. The minimum atomic E-state index is -0.255. The van der Waals surface area contributed by atoms with E-state index in [1.54, 1.807) is 35.8 Å². The van der Waals surface area contributed by atoms with Crippen LogP contribution < -0.4 is 16.1 Å². The molecule has 3 aromatic rings. The van der Waals surface area contributed by atoms with Gasteiger partial charge in [-0.15, -0.1) is 0 Å². The molecule has 5 rings (SSSR count). The Morgan fingerprint density at radius 1 is 1.07 bits per heavy atom. The van der Waals surface area contributed by atoms with Crippen LogP contribution in [0.15, 0.2) is 78.5 Å². The number of fused-ring (bicyclic) bond motifs is 2. The maximum atomic E-state index is 13.0. The second-order valence-corrected chi connectivity index (χ2v) is 6.76. The van der Waals surface area contributed by atoms with E-state index in [0.29, 0.717) is 24.9 Å². The van der Waals surface area contributed by atoms with Gasteiger partial charge in [0.1, 0.15) is 11.6 Å². The van der Waals surface area contributed by atoms with Crippen LogP contribution in [0, 0.1) is 5.82 Å². The van der Waals surface area contributed by atoms with Gasteiger partial charge in [0.15, 0.2) is 0 Å². The SMILES string of the molecule is Fc1ccc(CNc2ncc3c(NCC4=CC5=CNON5C=C4)nccc3n2)cc1. The van der Waals surface area contributed by atoms with Crippen molar-refractivity contribution in [2.24, 2.45) is 0 Å². The number of hydrogen-bond donors (Lipinski definition) is 3. The second-order valence-electron chi connectivity index (χ2n) is 6.76. The number of nitrogens with zero attached hydrogens (tertiary/aromatic N) is 4. The maximum absolute atomic E-state index is 13.0. The molecule has 0 radical (unpaired) electrons. The lowest BCUT2D eigenvalue weighted by Crippen LogP contribution is -2.17. The molecule has 30 heavy (non-hydrogen) atoms. The highest BCUT2D eigenvalue weighted by atomic mass is 19.1. The first kappa shape index (κ1) is 18.1. The lowest BCUT2D eigenvalue weighted by Gasteiger charge is -2.17. The molecule has 1 aromatic carbocycles. The zero-order valence-corrected chi connectivity index (χ0v) is 15.8. The predicted octanol–water partition coefficient (Wildman–Crippen LogP) is 3.23. The van der Waals surface area contributed by atoms with Gasteiger partial charge < -0.3 is 10.6 Å². The molecule has 0 unspecified atom stereocenters. The summed E-state index contributed by atoms with van der Waals surface area (Å²) in [7, 11) is 0. The molecular formula is C21H18FN7O. The Bertz CT molecular complexity index is 1170. The minimum absolute atomic E-state index is 0.255. The van der Waals surface area contributed by atoms with Gasteiger partial charge >= 0.3 is 0 Å². The third-order valence-corrected chi connectivity index (χ3v) is 4.70. The van der Waals surface area contributed by atoms with Crippen molar-refractivity contribution < 1.29 is 9.33 Å². The Hall–Kier alpha value is -3.98. The molecule has 150 valence electrons. The maximum Gasteiger partial charge on any atom is 0.223 e. The van der Waals surface area contributed by atoms with E-state index < -0.39 is 0 Å². The molecule has 0 saturated carbocycles. The number of hydrogen-bond acceptors (Lipinski definition) is 8. The summed E-state index contributed by atoms with van der Waals surface area (Å²) in [6, 6.07) is 8.17. The highest BCUT2D eigenvalue weighted by Crippen LogP contribution is 2.23. The highest BCUT2D eigenvalue weighted by molar-refractivity contribution is 5.88. The van der Waals surface area contributed by atoms with Crippen molar-refractivity contribution in [3.63, 3.8) is 0 Å². The molecule has 0 aliphatic carbocycles. The first-order valence-corrected chi connectivity index (χ1v) is 9.39. The van der Waals surface area contributed by atoms with Gasteiger partial charge in [-0.2, -0.15) is 4.94 Å². The summed E-state index contributed by atoms with van der Waals surface area (Å²) in [4.78, 5) is 18.6. The molecule has 8 nitrogen and oxygen atoms in total. The van der Waals surface area contributed by atoms with Crippen molar-refractivity contribution in [1.29, 1.82) is 0 Å². The quantitative estimate of drug-likeness (QED) is 0.578. The van der Waals surface area contributed by atoms with Gasteiger partial charge in [0.25, 0.3) is 0 Å². The lowest BCUT2D eigenvalue weighted by molar-refractivity contribution is -0.112. The van der Waals surface area contributed by atoms with E-state index in [-0.39, 0.29) is 5.82 Å². The number of nitrogens with one attached hydrogen (secondary N) is 3. The first-order valence-electron chi connectivity index (χ1n) is 9.39. The van der Waals surface area contributed by atoms with Crippen molar-refractivity contribution in [3.8, 4) is 0 Å². The number of pyridine rings is 1. The summed E-state index contributed by atoms with van der Waals surface area (Å²) in [5.74, 6) is 0.960. The Morgan fingerprint density at radius 2 is 1.97 bits per heavy atom. The fraction of sp³-hybridized carbons (Fsp3) is 0.0952. The van der Waals surface area contributed by atoms with Gasteiger partial charge in [0.05, 0.1) is 22.8 Å². The van der Waals surface area contributed by atoms with Crippen LogP contribution in [-0.2, 0) is 11.5 Å². The molecule has 0 spiro atoms. The first-order chi connectivity index (χ1) is 14.7. The van der Waals surface area contributed by atoms with Crippen LogP contribution in [0.1, 0.15) is 5.56 Å². The van der Waals surface area contributed by atoms with Gasteiger partial charge in [-0.25, -0.2) is 29.9 Å². The van der Waals surface area contributed by atoms with Crippen LogP contribution in [0.4, 0.5) is 16.2 Å². The van der Waals surface area contributed by atoms with E-state index >= 15 is 0 Å². The molecule has 2 aromatic heterocycles. The standard InChI is InChI=1S/C21H18FN7O/c22-16-3-1-14(2-4-16)10-25-21-26-13-18-19(28-21)5-7-23-20(18)24-11-15-6-8-29-17(9-15)12-27-30-29/h1-9,12-13,27H,10-11H2,(H,23,24)(H,25,26,28). The zero-order chi connectivity index (χ0) is 20.3. The molecule has 0 bridgehead atoms. The summed E-state index contributed by atoms with van der Waals surface area (Å²) in [6.45, 7) is 1.10. The van der Waals surface area contributed by atoms with Crippen LogP contribution in [0.3, 0.4) is 0 Å². The van der Waals surface area contributed by atoms with E-state index in [2.05, 4.69) is 31.1 Å². The molecule has 0 atom stereocenters. The molecule has 2 aliphatic rings. The Balaban J connectivity index is 1.28. The number of allylic oxidation sites excluding steroid dienone is 1. The van der Waals surface area contributed by atoms with Crippen LogP contribution in [0.2, 0.25) is 0 Å². The monoisotopic (exact) mass is 403 g/mol. The number of hydroxylamine groups is 3. The largest absolute Gasteiger partial charge is 0.365 e. The summed E-state index contributed by atoms with van der Waals surface area (Å²) >= 11 is 0. The van der Waals surface area contributed by atoms with Gasteiger partial charge in [0.2, 0.25) is 5.95 Å². The van der Waals surface area contributed by atoms with Gasteiger partial charge in [-0.3, -0.25) is 0 Å². The van der Waals surface area contributed by atoms with Crippen molar-refractivity contribution in [2.45, 2.75) is 6.54 Å². The second kappa shape index (κ2) is 7.80. The predicted molar refractivity (Wildman–Crippen MR) is 111 cm³/mol. The molecule has 0 amide bonds. The van der Waals surface area contributed by atoms with Gasteiger partial charge in [0, 0.05) is 31.7 Å². The fourth-order valence-electron chi connectivity index (χ4n) is 3.14. The molecule has 0 fully saturated rings. The Kier molecular flexibility index (Phi) is 4.70. The Morgan fingerprint density at radius 3 is 2.87 bits per heavy atom. The van der Waals surface area contributed by atoms with Crippen molar-refractivity contribution in [2.75, 3.05) is 17.2 Å². The number of halogens is 1. The van der Waals surface area contributed by atoms with E-state index in [9.17, 15) is 4.39 Å². The smallest absolute Gasteiger partial charge is 0.223 e. The molecule has 2 aliphatic heterocycles. The number of benzene rings is 1. The summed E-state index contributed by atoms with van der Waals surface area (Å²) < 4.78 is 13.0. The number of rotatable bonds is 6. The summed E-state index contributed by atoms with van der Waals surface area (Å²) in [5, 5.41) is 8.99.